The lowest BCUT2D eigenvalue weighted by molar-refractivity contribution is 0.611. The topological polar surface area (TPSA) is 30.2 Å². The van der Waals surface area contributed by atoms with Gasteiger partial charge in [0.25, 0.3) is 0 Å². The number of fused-ring (bicyclic) bond motifs is 1. The van der Waals surface area contributed by atoms with Gasteiger partial charge in [-0.1, -0.05) is 35.9 Å². The van der Waals surface area contributed by atoms with E-state index in [1.54, 1.807) is 34.7 Å². The molecule has 5 heteroatoms. The highest BCUT2D eigenvalue weighted by molar-refractivity contribution is 6.29. The van der Waals surface area contributed by atoms with Crippen molar-refractivity contribution in [2.75, 3.05) is 0 Å². The van der Waals surface area contributed by atoms with E-state index in [-0.39, 0.29) is 5.82 Å². The van der Waals surface area contributed by atoms with Gasteiger partial charge in [-0.3, -0.25) is 4.40 Å². The highest BCUT2D eigenvalue weighted by Gasteiger charge is 2.10. The van der Waals surface area contributed by atoms with Crippen LogP contribution in [0.4, 0.5) is 4.39 Å². The second-order valence-corrected chi connectivity index (χ2v) is 4.31. The van der Waals surface area contributed by atoms with Gasteiger partial charge in [0.1, 0.15) is 16.8 Å². The normalized spacial score (nSPS) is 11.0. The predicted molar refractivity (Wildman–Crippen MR) is 67.2 cm³/mol. The lowest BCUT2D eigenvalue weighted by atomic mass is 10.1. The third kappa shape index (κ3) is 1.84. The van der Waals surface area contributed by atoms with Gasteiger partial charge in [-0.15, -0.1) is 10.2 Å². The van der Waals surface area contributed by atoms with Crippen LogP contribution in [0.15, 0.2) is 42.5 Å². The maximum absolute atomic E-state index is 13.6. The first-order valence-corrected chi connectivity index (χ1v) is 5.85. The molecule has 0 aliphatic heterocycles. The Morgan fingerprint density at radius 3 is 2.72 bits per heavy atom. The van der Waals surface area contributed by atoms with E-state index in [2.05, 4.69) is 10.2 Å². The maximum Gasteiger partial charge on any atom is 0.161 e. The molecule has 18 heavy (non-hydrogen) atoms. The molecule has 0 aliphatic carbocycles. The third-order valence-electron chi connectivity index (χ3n) is 2.75. The second-order valence-electron chi connectivity index (χ2n) is 3.93. The lowest BCUT2D eigenvalue weighted by Gasteiger charge is -2.03. The first-order valence-electron chi connectivity index (χ1n) is 5.47. The van der Waals surface area contributed by atoms with Gasteiger partial charge in [-0.05, 0) is 23.8 Å². The molecule has 0 saturated heterocycles. The maximum atomic E-state index is 13.6. The van der Waals surface area contributed by atoms with Gasteiger partial charge in [0.05, 0.1) is 0 Å². The Hall–Kier alpha value is -1.94. The van der Waals surface area contributed by atoms with Crippen LogP contribution in [0.5, 0.6) is 0 Å². The molecule has 1 aromatic carbocycles. The molecule has 3 nitrogen and oxygen atoms in total. The van der Waals surface area contributed by atoms with E-state index in [4.69, 9.17) is 11.6 Å². The van der Waals surface area contributed by atoms with Crippen molar-refractivity contribution in [1.82, 2.24) is 14.6 Å². The summed E-state index contributed by atoms with van der Waals surface area (Å²) in [4.78, 5) is 0. The fourth-order valence-corrected chi connectivity index (χ4v) is 2.14. The molecule has 0 unspecified atom stereocenters. The minimum atomic E-state index is -0.249. The van der Waals surface area contributed by atoms with Gasteiger partial charge < -0.3 is 0 Å². The minimum Gasteiger partial charge on any atom is -0.269 e. The van der Waals surface area contributed by atoms with Crippen molar-refractivity contribution >= 4 is 17.2 Å². The first-order chi connectivity index (χ1) is 8.75. The number of hydrogen-bond acceptors (Lipinski definition) is 2. The highest BCUT2D eigenvalue weighted by Crippen LogP contribution is 2.17. The fraction of sp³-hybridized carbons (Fsp3) is 0.0769. The number of benzene rings is 1. The Morgan fingerprint density at radius 1 is 1.06 bits per heavy atom. The molecule has 0 amide bonds. The number of pyridine rings is 1. The summed E-state index contributed by atoms with van der Waals surface area (Å²) >= 11 is 6.10. The second kappa shape index (κ2) is 4.38. The zero-order chi connectivity index (χ0) is 12.5. The molecule has 2 heterocycles. The number of aromatic nitrogens is 3. The van der Waals surface area contributed by atoms with Gasteiger partial charge in [0.2, 0.25) is 0 Å². The molecule has 90 valence electrons. The van der Waals surface area contributed by atoms with Crippen molar-refractivity contribution in [2.24, 2.45) is 0 Å². The Labute approximate surface area is 108 Å². The molecule has 0 spiro atoms. The standard InChI is InChI=1S/C13H9ClFN3/c14-11-6-3-7-12-16-17-13(18(11)12)8-9-4-1-2-5-10(9)15/h1-7H,8H2. The molecule has 3 rings (SSSR count). The molecule has 0 atom stereocenters. The Morgan fingerprint density at radius 2 is 1.89 bits per heavy atom. The number of hydrogen-bond donors (Lipinski definition) is 0. The highest BCUT2D eigenvalue weighted by atomic mass is 35.5. The summed E-state index contributed by atoms with van der Waals surface area (Å²) in [5.74, 6) is 0.377. The van der Waals surface area contributed by atoms with Crippen molar-refractivity contribution < 1.29 is 4.39 Å². The first kappa shape index (κ1) is 11.2. The van der Waals surface area contributed by atoms with Gasteiger partial charge in [-0.2, -0.15) is 0 Å². The average molecular weight is 262 g/mol. The minimum absolute atomic E-state index is 0.249. The van der Waals surface area contributed by atoms with Crippen LogP contribution in [0.2, 0.25) is 5.15 Å². The lowest BCUT2D eigenvalue weighted by Crippen LogP contribution is -1.99. The van der Waals surface area contributed by atoms with Crippen LogP contribution in [0.3, 0.4) is 0 Å². The van der Waals surface area contributed by atoms with Gasteiger partial charge in [-0.25, -0.2) is 4.39 Å². The van der Waals surface area contributed by atoms with Crippen molar-refractivity contribution in [3.63, 3.8) is 0 Å². The van der Waals surface area contributed by atoms with Gasteiger partial charge >= 0.3 is 0 Å². The van der Waals surface area contributed by atoms with Gasteiger partial charge in [0.15, 0.2) is 5.65 Å². The van der Waals surface area contributed by atoms with E-state index in [1.807, 2.05) is 6.07 Å². The monoisotopic (exact) mass is 261 g/mol. The summed E-state index contributed by atoms with van der Waals surface area (Å²) in [6.07, 6.45) is 0.359. The van der Waals surface area contributed by atoms with E-state index in [9.17, 15) is 4.39 Å². The molecule has 2 aromatic heterocycles. The molecule has 0 saturated carbocycles. The molecular formula is C13H9ClFN3. The number of rotatable bonds is 2. The Kier molecular flexibility index (Phi) is 2.72. The van der Waals surface area contributed by atoms with E-state index in [0.29, 0.717) is 28.6 Å². The van der Waals surface area contributed by atoms with Crippen molar-refractivity contribution in [2.45, 2.75) is 6.42 Å². The zero-order valence-corrected chi connectivity index (χ0v) is 10.1. The molecule has 0 aliphatic rings. The molecule has 0 radical (unpaired) electrons. The Bertz CT molecular complexity index is 708. The van der Waals surface area contributed by atoms with E-state index in [0.717, 1.165) is 0 Å². The van der Waals surface area contributed by atoms with E-state index >= 15 is 0 Å². The van der Waals surface area contributed by atoms with Crippen molar-refractivity contribution in [1.29, 1.82) is 0 Å². The predicted octanol–water partition coefficient (Wildman–Crippen LogP) is 3.11. The summed E-state index contributed by atoms with van der Waals surface area (Å²) in [6.45, 7) is 0. The smallest absolute Gasteiger partial charge is 0.161 e. The zero-order valence-electron chi connectivity index (χ0n) is 9.35. The SMILES string of the molecule is Fc1ccccc1Cc1nnc2cccc(Cl)n12. The van der Waals surface area contributed by atoms with Gasteiger partial charge in [0, 0.05) is 6.42 Å². The van der Waals surface area contributed by atoms with Crippen LogP contribution >= 0.6 is 11.6 Å². The Balaban J connectivity index is 2.09. The van der Waals surface area contributed by atoms with Crippen LogP contribution in [-0.2, 0) is 6.42 Å². The van der Waals surface area contributed by atoms with Crippen LogP contribution in [0.1, 0.15) is 11.4 Å². The molecule has 3 aromatic rings. The fourth-order valence-electron chi connectivity index (χ4n) is 1.89. The number of halogens is 2. The molecule has 0 fully saturated rings. The molecule has 0 bridgehead atoms. The number of nitrogens with zero attached hydrogens (tertiary/aromatic N) is 3. The van der Waals surface area contributed by atoms with Crippen LogP contribution in [-0.4, -0.2) is 14.6 Å². The molecule has 0 N–H and O–H groups in total. The van der Waals surface area contributed by atoms with E-state index in [1.165, 1.54) is 6.07 Å². The molecular weight excluding hydrogens is 253 g/mol. The summed E-state index contributed by atoms with van der Waals surface area (Å²) in [5.41, 5.74) is 1.24. The van der Waals surface area contributed by atoms with Crippen LogP contribution in [0.25, 0.3) is 5.65 Å². The summed E-state index contributed by atoms with van der Waals surface area (Å²) in [7, 11) is 0. The van der Waals surface area contributed by atoms with Crippen LogP contribution in [0, 0.1) is 5.82 Å². The van der Waals surface area contributed by atoms with E-state index < -0.39 is 0 Å². The summed E-state index contributed by atoms with van der Waals surface area (Å²) in [5, 5.41) is 8.58. The quantitative estimate of drug-likeness (QED) is 0.664. The average Bonchev–Trinajstić information content (AvgIpc) is 2.77. The summed E-state index contributed by atoms with van der Waals surface area (Å²) in [6, 6.07) is 12.0. The third-order valence-corrected chi connectivity index (χ3v) is 3.05. The largest absolute Gasteiger partial charge is 0.269 e. The van der Waals surface area contributed by atoms with Crippen molar-refractivity contribution in [3.05, 3.63) is 64.8 Å². The summed E-state index contributed by atoms with van der Waals surface area (Å²) < 4.78 is 15.3. The van der Waals surface area contributed by atoms with Crippen LogP contribution < -0.4 is 0 Å². The van der Waals surface area contributed by atoms with Crippen molar-refractivity contribution in [3.8, 4) is 0 Å².